The number of rotatable bonds is 5. The first-order valence-electron chi connectivity index (χ1n) is 6.68. The molecule has 1 atom stereocenters. The van der Waals surface area contributed by atoms with Gasteiger partial charge in [-0.05, 0) is 67.5 Å². The molecule has 21 heavy (non-hydrogen) atoms. The van der Waals surface area contributed by atoms with E-state index in [0.717, 1.165) is 14.9 Å². The van der Waals surface area contributed by atoms with Crippen molar-refractivity contribution in [1.82, 2.24) is 5.32 Å². The van der Waals surface area contributed by atoms with E-state index in [1.54, 1.807) is 27.9 Å². The molecule has 5 nitrogen and oxygen atoms in total. The topological polar surface area (TPSA) is 67.8 Å². The fourth-order valence-corrected chi connectivity index (χ4v) is 2.56. The molecule has 1 aromatic rings. The predicted octanol–water partition coefficient (Wildman–Crippen LogP) is 2.73. The Morgan fingerprint density at radius 1 is 1.43 bits per heavy atom. The van der Waals surface area contributed by atoms with Crippen LogP contribution in [0.25, 0.3) is 0 Å². The van der Waals surface area contributed by atoms with Gasteiger partial charge in [-0.2, -0.15) is 0 Å². The van der Waals surface area contributed by atoms with Gasteiger partial charge in [-0.1, -0.05) is 6.07 Å². The zero-order valence-electron chi connectivity index (χ0n) is 12.8. The molecule has 0 fully saturated rings. The highest BCUT2D eigenvalue weighted by molar-refractivity contribution is 14.1. The van der Waals surface area contributed by atoms with Gasteiger partial charge in [0.2, 0.25) is 0 Å². The molecule has 0 spiro atoms. The number of halogens is 1. The average Bonchev–Trinajstić information content (AvgIpc) is 2.36. The normalized spacial score (nSPS) is 12.7. The quantitative estimate of drug-likeness (QED) is 0.737. The van der Waals surface area contributed by atoms with Crippen molar-refractivity contribution in [1.29, 1.82) is 0 Å². The maximum absolute atomic E-state index is 11.7. The van der Waals surface area contributed by atoms with Crippen molar-refractivity contribution in [3.05, 3.63) is 27.3 Å². The molecule has 118 valence electrons. The Morgan fingerprint density at radius 2 is 2.10 bits per heavy atom. The van der Waals surface area contributed by atoms with Crippen LogP contribution in [0.2, 0.25) is 0 Å². The van der Waals surface area contributed by atoms with Crippen LogP contribution in [0.1, 0.15) is 26.3 Å². The minimum Gasteiger partial charge on any atom is -0.496 e. The molecule has 0 unspecified atom stereocenters. The highest BCUT2D eigenvalue weighted by Crippen LogP contribution is 2.22. The first kappa shape index (κ1) is 18.0. The number of methoxy groups -OCH3 is 1. The lowest BCUT2D eigenvalue weighted by atomic mass is 10.1. The summed E-state index contributed by atoms with van der Waals surface area (Å²) < 4.78 is 11.4. The largest absolute Gasteiger partial charge is 0.496 e. The van der Waals surface area contributed by atoms with E-state index in [0.29, 0.717) is 6.42 Å². The number of amides is 1. The summed E-state index contributed by atoms with van der Waals surface area (Å²) in [6, 6.07) is 5.38. The van der Waals surface area contributed by atoms with Gasteiger partial charge >= 0.3 is 6.09 Å². The SMILES string of the molecule is COc1ccc(C[C@@H](CO)NC(=O)OC(C)(C)C)cc1I. The van der Waals surface area contributed by atoms with E-state index < -0.39 is 11.7 Å². The van der Waals surface area contributed by atoms with E-state index in [2.05, 4.69) is 27.9 Å². The Labute approximate surface area is 139 Å². The van der Waals surface area contributed by atoms with Crippen LogP contribution >= 0.6 is 22.6 Å². The summed E-state index contributed by atoms with van der Waals surface area (Å²) in [6.45, 7) is 5.24. The fraction of sp³-hybridized carbons (Fsp3) is 0.533. The molecule has 0 saturated carbocycles. The Bertz CT molecular complexity index is 485. The van der Waals surface area contributed by atoms with Crippen LogP contribution in [0, 0.1) is 3.57 Å². The summed E-state index contributed by atoms with van der Waals surface area (Å²) in [5, 5.41) is 12.1. The number of benzene rings is 1. The van der Waals surface area contributed by atoms with Crippen LogP contribution in [-0.2, 0) is 11.2 Å². The van der Waals surface area contributed by atoms with Crippen molar-refractivity contribution in [3.8, 4) is 5.75 Å². The van der Waals surface area contributed by atoms with E-state index in [9.17, 15) is 9.90 Å². The molecule has 0 aliphatic heterocycles. The number of hydrogen-bond donors (Lipinski definition) is 2. The first-order chi connectivity index (χ1) is 9.75. The minimum atomic E-state index is -0.556. The van der Waals surface area contributed by atoms with E-state index >= 15 is 0 Å². The molecule has 6 heteroatoms. The first-order valence-corrected chi connectivity index (χ1v) is 7.76. The van der Waals surface area contributed by atoms with E-state index in [-0.39, 0.29) is 12.6 Å². The second-order valence-corrected chi connectivity index (χ2v) is 6.86. The highest BCUT2D eigenvalue weighted by atomic mass is 127. The van der Waals surface area contributed by atoms with Crippen LogP contribution in [0.4, 0.5) is 4.79 Å². The number of nitrogens with one attached hydrogen (secondary N) is 1. The minimum absolute atomic E-state index is 0.151. The molecular formula is C15H22INO4. The lowest BCUT2D eigenvalue weighted by Gasteiger charge is -2.23. The Kier molecular flexibility index (Phi) is 6.73. The van der Waals surface area contributed by atoms with Gasteiger partial charge in [0.15, 0.2) is 0 Å². The fourth-order valence-electron chi connectivity index (χ4n) is 1.76. The third-order valence-corrected chi connectivity index (χ3v) is 3.48. The molecule has 0 aliphatic carbocycles. The van der Waals surface area contributed by atoms with Gasteiger partial charge < -0.3 is 19.9 Å². The van der Waals surface area contributed by atoms with Crippen molar-refractivity contribution in [3.63, 3.8) is 0 Å². The van der Waals surface area contributed by atoms with Gasteiger partial charge in [0.25, 0.3) is 0 Å². The maximum Gasteiger partial charge on any atom is 0.407 e. The number of aliphatic hydroxyl groups excluding tert-OH is 1. The summed E-state index contributed by atoms with van der Waals surface area (Å²) in [6.07, 6.45) is 0.000179. The summed E-state index contributed by atoms with van der Waals surface area (Å²) in [4.78, 5) is 11.7. The molecule has 0 aliphatic rings. The van der Waals surface area contributed by atoms with Gasteiger partial charge in [0.05, 0.1) is 23.3 Å². The molecule has 1 amide bonds. The smallest absolute Gasteiger partial charge is 0.407 e. The number of ether oxygens (including phenoxy) is 2. The predicted molar refractivity (Wildman–Crippen MR) is 89.7 cm³/mol. The Balaban J connectivity index is 2.66. The summed E-state index contributed by atoms with van der Waals surface area (Å²) in [7, 11) is 1.62. The molecule has 1 aromatic carbocycles. The average molecular weight is 407 g/mol. The third kappa shape index (κ3) is 6.52. The van der Waals surface area contributed by atoms with Gasteiger partial charge in [-0.25, -0.2) is 4.79 Å². The summed E-state index contributed by atoms with van der Waals surface area (Å²) in [5.41, 5.74) is 0.454. The lowest BCUT2D eigenvalue weighted by Crippen LogP contribution is -2.42. The Hall–Kier alpha value is -1.02. The van der Waals surface area contributed by atoms with E-state index in [4.69, 9.17) is 9.47 Å². The second kappa shape index (κ2) is 7.84. The van der Waals surface area contributed by atoms with Crippen LogP contribution in [0.15, 0.2) is 18.2 Å². The highest BCUT2D eigenvalue weighted by Gasteiger charge is 2.19. The van der Waals surface area contributed by atoms with Crippen LogP contribution in [0.3, 0.4) is 0 Å². The maximum atomic E-state index is 11.7. The molecular weight excluding hydrogens is 385 g/mol. The van der Waals surface area contributed by atoms with Crippen LogP contribution in [0.5, 0.6) is 5.75 Å². The molecule has 0 radical (unpaired) electrons. The molecule has 2 N–H and O–H groups in total. The zero-order chi connectivity index (χ0) is 16.0. The standard InChI is InChI=1S/C15H22INO4/c1-15(2,3)21-14(19)17-11(9-18)7-10-5-6-13(20-4)12(16)8-10/h5-6,8,11,18H,7,9H2,1-4H3,(H,17,19)/t11-/m0/s1. The third-order valence-electron chi connectivity index (χ3n) is 2.64. The van der Waals surface area contributed by atoms with Crippen LogP contribution in [-0.4, -0.2) is 36.6 Å². The molecule has 1 rings (SSSR count). The van der Waals surface area contributed by atoms with Crippen molar-refractivity contribution in [2.75, 3.05) is 13.7 Å². The summed E-state index contributed by atoms with van der Waals surface area (Å²) >= 11 is 2.19. The number of carbonyl (C=O) groups excluding carboxylic acids is 1. The number of hydrogen-bond acceptors (Lipinski definition) is 4. The molecule has 0 bridgehead atoms. The molecule has 0 aromatic heterocycles. The number of carbonyl (C=O) groups is 1. The van der Waals surface area contributed by atoms with Crippen LogP contribution < -0.4 is 10.1 Å². The lowest BCUT2D eigenvalue weighted by molar-refractivity contribution is 0.0483. The van der Waals surface area contributed by atoms with Gasteiger partial charge in [-0.3, -0.25) is 0 Å². The monoisotopic (exact) mass is 407 g/mol. The van der Waals surface area contributed by atoms with Crippen molar-refractivity contribution >= 4 is 28.7 Å². The van der Waals surface area contributed by atoms with Gasteiger partial charge in [0, 0.05) is 0 Å². The second-order valence-electron chi connectivity index (χ2n) is 5.70. The summed E-state index contributed by atoms with van der Waals surface area (Å²) in [5.74, 6) is 0.806. The zero-order valence-corrected chi connectivity index (χ0v) is 14.9. The van der Waals surface area contributed by atoms with Crippen molar-refractivity contribution < 1.29 is 19.4 Å². The number of alkyl carbamates (subject to hydrolysis) is 1. The van der Waals surface area contributed by atoms with Gasteiger partial charge in [-0.15, -0.1) is 0 Å². The number of aliphatic hydroxyl groups is 1. The van der Waals surface area contributed by atoms with Crippen molar-refractivity contribution in [2.24, 2.45) is 0 Å². The Morgan fingerprint density at radius 3 is 2.57 bits per heavy atom. The van der Waals surface area contributed by atoms with Gasteiger partial charge in [0.1, 0.15) is 11.4 Å². The van der Waals surface area contributed by atoms with Crippen molar-refractivity contribution in [2.45, 2.75) is 38.8 Å². The molecule has 0 heterocycles. The molecule has 0 saturated heterocycles. The van der Waals surface area contributed by atoms with E-state index in [1.165, 1.54) is 0 Å². The van der Waals surface area contributed by atoms with E-state index in [1.807, 2.05) is 18.2 Å².